The summed E-state index contributed by atoms with van der Waals surface area (Å²) in [6.45, 7) is 11.4. The molecule has 9 nitrogen and oxygen atoms in total. The molecular weight excluding hydrogens is 410 g/mol. The standard InChI is InChI=1S/C23H27N5O4/c1-6-12-28-20-18(14(4)17(15(5)24-20)22(30)32-7-2)19(25-23(28)31)26-27-21(29)16-10-8-13(3)9-11-16/h6,8-11,14,24H,1,7,12H2,2-5H3,(H,27,29)(H,25,26,31). The number of esters is 1. The van der Waals surface area contributed by atoms with Crippen LogP contribution in [0.3, 0.4) is 0 Å². The lowest BCUT2D eigenvalue weighted by Crippen LogP contribution is -2.36. The number of carbonyl (C=O) groups excluding carboxylic acids is 2. The molecule has 168 valence electrons. The SMILES string of the molecule is C=CCn1c2c(c(NNC(=O)c3ccc(C)cc3)nc1=O)C(C)C(C(=O)OCC)=C(C)N2. The number of aryl methyl sites for hydroxylation is 1. The molecule has 0 aliphatic carbocycles. The maximum atomic E-state index is 12.7. The van der Waals surface area contributed by atoms with Crippen molar-refractivity contribution in [3.8, 4) is 0 Å². The summed E-state index contributed by atoms with van der Waals surface area (Å²) >= 11 is 0. The highest BCUT2D eigenvalue weighted by Crippen LogP contribution is 2.40. The van der Waals surface area contributed by atoms with Crippen LogP contribution in [-0.4, -0.2) is 28.0 Å². The van der Waals surface area contributed by atoms with Crippen molar-refractivity contribution in [3.63, 3.8) is 0 Å². The van der Waals surface area contributed by atoms with E-state index < -0.39 is 17.6 Å². The van der Waals surface area contributed by atoms with Crippen molar-refractivity contribution in [2.45, 2.75) is 40.2 Å². The number of fused-ring (bicyclic) bond motifs is 1. The molecule has 1 unspecified atom stereocenters. The highest BCUT2D eigenvalue weighted by Gasteiger charge is 2.33. The quantitative estimate of drug-likeness (QED) is 0.347. The monoisotopic (exact) mass is 437 g/mol. The summed E-state index contributed by atoms with van der Waals surface area (Å²) in [5.74, 6) is -0.653. The fourth-order valence-corrected chi connectivity index (χ4v) is 3.65. The molecule has 32 heavy (non-hydrogen) atoms. The molecule has 1 amide bonds. The van der Waals surface area contributed by atoms with Gasteiger partial charge in [-0.15, -0.1) is 6.58 Å². The summed E-state index contributed by atoms with van der Waals surface area (Å²) in [6, 6.07) is 7.06. The Kier molecular flexibility index (Phi) is 6.77. The highest BCUT2D eigenvalue weighted by molar-refractivity contribution is 5.96. The van der Waals surface area contributed by atoms with Crippen LogP contribution in [0, 0.1) is 6.92 Å². The van der Waals surface area contributed by atoms with Gasteiger partial charge in [0.05, 0.1) is 12.2 Å². The molecule has 0 fully saturated rings. The highest BCUT2D eigenvalue weighted by atomic mass is 16.5. The van der Waals surface area contributed by atoms with Crippen LogP contribution < -0.4 is 21.9 Å². The number of ether oxygens (including phenoxy) is 1. The summed E-state index contributed by atoms with van der Waals surface area (Å²) in [5, 5.41) is 3.14. The first-order chi connectivity index (χ1) is 15.3. The first-order valence-electron chi connectivity index (χ1n) is 10.3. The third-order valence-electron chi connectivity index (χ3n) is 5.21. The summed E-state index contributed by atoms with van der Waals surface area (Å²) in [6.07, 6.45) is 1.59. The minimum absolute atomic E-state index is 0.153. The number of allylic oxidation sites excluding steroid dienone is 2. The average molecular weight is 438 g/mol. The molecule has 0 saturated heterocycles. The van der Waals surface area contributed by atoms with Crippen LogP contribution in [0.1, 0.15) is 48.2 Å². The number of carbonyl (C=O) groups is 2. The van der Waals surface area contributed by atoms with E-state index in [0.29, 0.717) is 28.2 Å². The number of hydrogen-bond acceptors (Lipinski definition) is 7. The second kappa shape index (κ2) is 9.51. The molecule has 1 aliphatic heterocycles. The van der Waals surface area contributed by atoms with E-state index in [2.05, 4.69) is 27.7 Å². The zero-order chi connectivity index (χ0) is 23.4. The van der Waals surface area contributed by atoms with Crippen LogP contribution in [0.15, 0.2) is 53.0 Å². The van der Waals surface area contributed by atoms with Gasteiger partial charge in [-0.1, -0.05) is 30.7 Å². The molecule has 1 atom stereocenters. The third-order valence-corrected chi connectivity index (χ3v) is 5.21. The van der Waals surface area contributed by atoms with E-state index in [4.69, 9.17) is 4.74 Å². The van der Waals surface area contributed by atoms with Crippen LogP contribution >= 0.6 is 0 Å². The molecule has 0 saturated carbocycles. The predicted octanol–water partition coefficient (Wildman–Crippen LogP) is 2.86. The average Bonchev–Trinajstić information content (AvgIpc) is 2.74. The second-order valence-electron chi connectivity index (χ2n) is 7.46. The van der Waals surface area contributed by atoms with E-state index >= 15 is 0 Å². The Morgan fingerprint density at radius 2 is 1.97 bits per heavy atom. The van der Waals surface area contributed by atoms with Gasteiger partial charge < -0.3 is 10.1 Å². The maximum absolute atomic E-state index is 12.7. The van der Waals surface area contributed by atoms with Gasteiger partial charge in [-0.25, -0.2) is 9.59 Å². The number of anilines is 2. The molecule has 3 N–H and O–H groups in total. The van der Waals surface area contributed by atoms with Crippen molar-refractivity contribution in [1.82, 2.24) is 15.0 Å². The summed E-state index contributed by atoms with van der Waals surface area (Å²) in [7, 11) is 0. The van der Waals surface area contributed by atoms with Crippen molar-refractivity contribution in [1.29, 1.82) is 0 Å². The zero-order valence-electron chi connectivity index (χ0n) is 18.6. The number of nitrogens with zero attached hydrogens (tertiary/aromatic N) is 2. The number of amides is 1. The van der Waals surface area contributed by atoms with Gasteiger partial charge in [0.15, 0.2) is 5.82 Å². The van der Waals surface area contributed by atoms with Gasteiger partial charge in [0.25, 0.3) is 5.91 Å². The van der Waals surface area contributed by atoms with Crippen molar-refractivity contribution >= 4 is 23.5 Å². The van der Waals surface area contributed by atoms with Gasteiger partial charge >= 0.3 is 11.7 Å². The fourth-order valence-electron chi connectivity index (χ4n) is 3.65. The fraction of sp³-hybridized carbons (Fsp3) is 0.304. The summed E-state index contributed by atoms with van der Waals surface area (Å²) < 4.78 is 6.64. The maximum Gasteiger partial charge on any atom is 0.351 e. The number of aromatic nitrogens is 2. The third kappa shape index (κ3) is 4.41. The topological polar surface area (TPSA) is 114 Å². The Morgan fingerprint density at radius 1 is 1.28 bits per heavy atom. The van der Waals surface area contributed by atoms with Gasteiger partial charge in [-0.3, -0.25) is 20.2 Å². The summed E-state index contributed by atoms with van der Waals surface area (Å²) in [4.78, 5) is 41.9. The minimum atomic E-state index is -0.525. The van der Waals surface area contributed by atoms with Crippen LogP contribution in [0.4, 0.5) is 11.6 Å². The molecule has 1 aromatic heterocycles. The number of benzene rings is 1. The lowest BCUT2D eigenvalue weighted by Gasteiger charge is -2.30. The Hall–Kier alpha value is -3.88. The Labute approximate surface area is 186 Å². The van der Waals surface area contributed by atoms with E-state index in [1.807, 2.05) is 26.0 Å². The lowest BCUT2D eigenvalue weighted by molar-refractivity contribution is -0.138. The zero-order valence-corrected chi connectivity index (χ0v) is 18.6. The number of rotatable bonds is 7. The van der Waals surface area contributed by atoms with Crippen molar-refractivity contribution in [2.75, 3.05) is 17.3 Å². The van der Waals surface area contributed by atoms with E-state index in [1.54, 1.807) is 32.1 Å². The van der Waals surface area contributed by atoms with Crippen LogP contribution in [0.25, 0.3) is 0 Å². The number of hydrogen-bond donors (Lipinski definition) is 3. The van der Waals surface area contributed by atoms with Crippen LogP contribution in [0.2, 0.25) is 0 Å². The van der Waals surface area contributed by atoms with E-state index in [-0.39, 0.29) is 24.9 Å². The molecule has 0 spiro atoms. The molecular formula is C23H27N5O4. The first kappa shape index (κ1) is 22.8. The van der Waals surface area contributed by atoms with Crippen LogP contribution in [0.5, 0.6) is 0 Å². The molecule has 9 heteroatoms. The lowest BCUT2D eigenvalue weighted by atomic mass is 9.89. The molecule has 1 aliphatic rings. The van der Waals surface area contributed by atoms with Gasteiger partial charge in [-0.05, 0) is 32.9 Å². The molecule has 2 aromatic rings. The van der Waals surface area contributed by atoms with E-state index in [1.165, 1.54) is 4.57 Å². The molecule has 1 aromatic carbocycles. The Morgan fingerprint density at radius 3 is 2.59 bits per heavy atom. The predicted molar refractivity (Wildman–Crippen MR) is 122 cm³/mol. The van der Waals surface area contributed by atoms with Gasteiger partial charge in [0.1, 0.15) is 5.82 Å². The molecule has 3 rings (SSSR count). The van der Waals surface area contributed by atoms with Gasteiger partial charge in [-0.2, -0.15) is 4.98 Å². The molecule has 0 radical (unpaired) electrons. The normalized spacial score (nSPS) is 14.8. The van der Waals surface area contributed by atoms with E-state index in [0.717, 1.165) is 5.56 Å². The molecule has 2 heterocycles. The van der Waals surface area contributed by atoms with Crippen molar-refractivity contribution < 1.29 is 14.3 Å². The Balaban J connectivity index is 2.01. The van der Waals surface area contributed by atoms with E-state index in [9.17, 15) is 14.4 Å². The van der Waals surface area contributed by atoms with Gasteiger partial charge in [0, 0.05) is 29.3 Å². The number of hydrazine groups is 1. The Bertz CT molecular complexity index is 1150. The van der Waals surface area contributed by atoms with Crippen LogP contribution in [-0.2, 0) is 16.1 Å². The molecule has 0 bridgehead atoms. The first-order valence-corrected chi connectivity index (χ1v) is 10.3. The smallest absolute Gasteiger partial charge is 0.351 e. The van der Waals surface area contributed by atoms with Crippen molar-refractivity contribution in [3.05, 3.63) is 75.4 Å². The van der Waals surface area contributed by atoms with Gasteiger partial charge in [0.2, 0.25) is 0 Å². The van der Waals surface area contributed by atoms with Crippen molar-refractivity contribution in [2.24, 2.45) is 0 Å². The largest absolute Gasteiger partial charge is 0.463 e. The second-order valence-corrected chi connectivity index (χ2v) is 7.46. The number of nitrogens with one attached hydrogen (secondary N) is 3. The minimum Gasteiger partial charge on any atom is -0.463 e. The summed E-state index contributed by atoms with van der Waals surface area (Å²) in [5.41, 5.74) is 7.88.